The van der Waals surface area contributed by atoms with Crippen LogP contribution in [0.2, 0.25) is 16.6 Å². The average molecular weight is 409 g/mol. The van der Waals surface area contributed by atoms with Crippen molar-refractivity contribution in [3.63, 3.8) is 0 Å². The molecule has 0 amide bonds. The molecule has 0 heterocycles. The van der Waals surface area contributed by atoms with E-state index in [2.05, 4.69) is 84.7 Å². The standard InChI is InChI=1S/C25H48SSi/c1-9-11-13-14-15-16-18-25(26-20-12-10-2)19-17-21-27(22(3)4,23(5)6)24(7)8/h19,22-24H,9-16,18,20H2,1-8H3/b25-19-. The molecule has 0 rings (SSSR count). The molecule has 0 saturated carbocycles. The topological polar surface area (TPSA) is 0 Å². The molecule has 0 aliphatic heterocycles. The van der Waals surface area contributed by atoms with Crippen LogP contribution in [0.25, 0.3) is 0 Å². The summed E-state index contributed by atoms with van der Waals surface area (Å²) in [6, 6.07) is 0. The molecule has 0 unspecified atom stereocenters. The fourth-order valence-electron chi connectivity index (χ4n) is 4.29. The van der Waals surface area contributed by atoms with Crippen LogP contribution in [0.5, 0.6) is 0 Å². The van der Waals surface area contributed by atoms with Crippen LogP contribution in [0.1, 0.15) is 113 Å². The molecule has 27 heavy (non-hydrogen) atoms. The van der Waals surface area contributed by atoms with Gasteiger partial charge in [-0.2, -0.15) is 0 Å². The van der Waals surface area contributed by atoms with Gasteiger partial charge in [-0.25, -0.2) is 0 Å². The number of unbranched alkanes of at least 4 members (excludes halogenated alkanes) is 6. The smallest absolute Gasteiger partial charge is 0.130 e. The summed E-state index contributed by atoms with van der Waals surface area (Å²) in [4.78, 5) is 1.53. The predicted octanol–water partition coefficient (Wildman–Crippen LogP) is 9.38. The van der Waals surface area contributed by atoms with E-state index in [1.54, 1.807) is 0 Å². The number of hydrogen-bond donors (Lipinski definition) is 0. The highest BCUT2D eigenvalue weighted by atomic mass is 32.2. The van der Waals surface area contributed by atoms with E-state index < -0.39 is 8.07 Å². The summed E-state index contributed by atoms with van der Waals surface area (Å²) in [5.41, 5.74) is 6.02. The monoisotopic (exact) mass is 408 g/mol. The highest BCUT2D eigenvalue weighted by molar-refractivity contribution is 8.03. The Labute approximate surface area is 177 Å². The molecule has 0 N–H and O–H groups in total. The van der Waals surface area contributed by atoms with Crippen molar-refractivity contribution in [2.24, 2.45) is 0 Å². The van der Waals surface area contributed by atoms with Gasteiger partial charge in [-0.3, -0.25) is 0 Å². The molecule has 0 radical (unpaired) electrons. The molecule has 0 spiro atoms. The zero-order valence-corrected chi connectivity index (χ0v) is 21.6. The van der Waals surface area contributed by atoms with Gasteiger partial charge in [0.1, 0.15) is 8.07 Å². The maximum Gasteiger partial charge on any atom is 0.146 e. The lowest BCUT2D eigenvalue weighted by molar-refractivity contribution is 0.610. The van der Waals surface area contributed by atoms with E-state index in [9.17, 15) is 0 Å². The van der Waals surface area contributed by atoms with Gasteiger partial charge in [-0.1, -0.05) is 99.8 Å². The number of thioether (sulfide) groups is 1. The fourth-order valence-corrected chi connectivity index (χ4v) is 10.6. The second kappa shape index (κ2) is 15.8. The Morgan fingerprint density at radius 2 is 1.30 bits per heavy atom. The second-order valence-corrected chi connectivity index (χ2v) is 15.8. The zero-order chi connectivity index (χ0) is 20.7. The van der Waals surface area contributed by atoms with Crippen molar-refractivity contribution in [1.29, 1.82) is 0 Å². The minimum absolute atomic E-state index is 0.716. The molecule has 158 valence electrons. The van der Waals surface area contributed by atoms with E-state index >= 15 is 0 Å². The van der Waals surface area contributed by atoms with E-state index in [1.165, 1.54) is 68.4 Å². The van der Waals surface area contributed by atoms with Gasteiger partial charge in [0.15, 0.2) is 0 Å². The number of hydrogen-bond acceptors (Lipinski definition) is 1. The van der Waals surface area contributed by atoms with Gasteiger partial charge in [0.05, 0.1) is 0 Å². The Hall–Kier alpha value is -0.133. The van der Waals surface area contributed by atoms with E-state index in [-0.39, 0.29) is 0 Å². The first-order valence-electron chi connectivity index (χ1n) is 11.7. The van der Waals surface area contributed by atoms with Crippen molar-refractivity contribution < 1.29 is 0 Å². The minimum Gasteiger partial charge on any atom is -0.130 e. The lowest BCUT2D eigenvalue weighted by Crippen LogP contribution is -2.43. The van der Waals surface area contributed by atoms with Gasteiger partial charge in [0.25, 0.3) is 0 Å². The van der Waals surface area contributed by atoms with Crippen LogP contribution in [-0.4, -0.2) is 13.8 Å². The second-order valence-electron chi connectivity index (χ2n) is 9.00. The van der Waals surface area contributed by atoms with Crippen LogP contribution in [0.15, 0.2) is 11.0 Å². The maximum absolute atomic E-state index is 3.87. The normalized spacial score (nSPS) is 12.8. The van der Waals surface area contributed by atoms with E-state index in [0.29, 0.717) is 16.6 Å². The molecule has 0 aromatic carbocycles. The third-order valence-electron chi connectivity index (χ3n) is 5.95. The lowest BCUT2D eigenvalue weighted by Gasteiger charge is -2.38. The van der Waals surface area contributed by atoms with Crippen LogP contribution in [-0.2, 0) is 0 Å². The molecule has 0 fully saturated rings. The van der Waals surface area contributed by atoms with Crippen molar-refractivity contribution in [2.45, 2.75) is 130 Å². The first-order valence-corrected chi connectivity index (χ1v) is 14.9. The Morgan fingerprint density at radius 1 is 0.778 bits per heavy atom. The Kier molecular flexibility index (Phi) is 15.7. The largest absolute Gasteiger partial charge is 0.146 e. The summed E-state index contributed by atoms with van der Waals surface area (Å²) in [6.45, 7) is 19.0. The summed E-state index contributed by atoms with van der Waals surface area (Å²) in [5.74, 6) is 4.84. The maximum atomic E-state index is 3.87. The first-order chi connectivity index (χ1) is 12.8. The van der Waals surface area contributed by atoms with Gasteiger partial charge in [0.2, 0.25) is 0 Å². The quantitative estimate of drug-likeness (QED) is 0.157. The molecular formula is C25H48SSi. The SMILES string of the molecule is CCCCCCCC/C(=C/C#C[Si](C(C)C)(C(C)C)C(C)C)SCCCC. The lowest BCUT2D eigenvalue weighted by atomic mass is 10.1. The molecule has 0 nitrogen and oxygen atoms in total. The van der Waals surface area contributed by atoms with Gasteiger partial charge in [0, 0.05) is 0 Å². The number of rotatable bonds is 14. The molecule has 0 saturated heterocycles. The molecule has 0 aliphatic rings. The van der Waals surface area contributed by atoms with Crippen molar-refractivity contribution in [1.82, 2.24) is 0 Å². The van der Waals surface area contributed by atoms with Crippen LogP contribution in [0, 0.1) is 11.5 Å². The van der Waals surface area contributed by atoms with Gasteiger partial charge >= 0.3 is 0 Å². The van der Waals surface area contributed by atoms with E-state index in [4.69, 9.17) is 0 Å². The highest BCUT2D eigenvalue weighted by Gasteiger charge is 2.41. The zero-order valence-electron chi connectivity index (χ0n) is 19.8. The Balaban J connectivity index is 5.08. The van der Waals surface area contributed by atoms with Crippen molar-refractivity contribution in [3.8, 4) is 11.5 Å². The summed E-state index contributed by atoms with van der Waals surface area (Å²) in [7, 11) is -1.60. The highest BCUT2D eigenvalue weighted by Crippen LogP contribution is 2.40. The first kappa shape index (κ1) is 26.9. The van der Waals surface area contributed by atoms with Gasteiger partial charge < -0.3 is 0 Å². The Morgan fingerprint density at radius 3 is 1.81 bits per heavy atom. The summed E-state index contributed by atoms with van der Waals surface area (Å²) < 4.78 is 0. The Bertz CT molecular complexity index is 429. The number of allylic oxidation sites excluding steroid dienone is 2. The molecule has 0 aliphatic carbocycles. The molecular weight excluding hydrogens is 360 g/mol. The van der Waals surface area contributed by atoms with Gasteiger partial charge in [-0.15, -0.1) is 17.3 Å². The molecule has 0 bridgehead atoms. The molecule has 0 aromatic rings. The third kappa shape index (κ3) is 10.3. The third-order valence-corrected chi connectivity index (χ3v) is 13.4. The van der Waals surface area contributed by atoms with Crippen molar-refractivity contribution in [3.05, 3.63) is 11.0 Å². The van der Waals surface area contributed by atoms with Crippen molar-refractivity contribution >= 4 is 19.8 Å². The van der Waals surface area contributed by atoms with Crippen LogP contribution in [0.3, 0.4) is 0 Å². The van der Waals surface area contributed by atoms with E-state index in [0.717, 1.165) is 0 Å². The molecule has 0 aromatic heterocycles. The predicted molar refractivity (Wildman–Crippen MR) is 132 cm³/mol. The molecule has 2 heteroatoms. The average Bonchev–Trinajstić information content (AvgIpc) is 2.60. The summed E-state index contributed by atoms with van der Waals surface area (Å²) >= 11 is 2.06. The fraction of sp³-hybridized carbons (Fsp3) is 0.840. The van der Waals surface area contributed by atoms with Crippen LogP contribution >= 0.6 is 11.8 Å². The molecule has 0 atom stereocenters. The van der Waals surface area contributed by atoms with Crippen LogP contribution < -0.4 is 0 Å². The van der Waals surface area contributed by atoms with E-state index in [1.807, 2.05) is 0 Å². The summed E-state index contributed by atoms with van der Waals surface area (Å²) in [5, 5.41) is 0. The van der Waals surface area contributed by atoms with Crippen molar-refractivity contribution in [2.75, 3.05) is 5.75 Å². The summed E-state index contributed by atoms with van der Waals surface area (Å²) in [6.07, 6.45) is 14.4. The van der Waals surface area contributed by atoms with Crippen LogP contribution in [0.4, 0.5) is 0 Å². The minimum atomic E-state index is -1.60. The van der Waals surface area contributed by atoms with Gasteiger partial charge in [-0.05, 0) is 52.6 Å².